The molecule has 0 saturated carbocycles. The molecule has 1 fully saturated rings. The minimum absolute atomic E-state index is 0.00687. The van der Waals surface area contributed by atoms with Gasteiger partial charge in [-0.2, -0.15) is 0 Å². The van der Waals surface area contributed by atoms with E-state index in [1.54, 1.807) is 85.3 Å². The fourth-order valence-corrected chi connectivity index (χ4v) is 11.1. The first-order valence-electron chi connectivity index (χ1n) is 26.8. The van der Waals surface area contributed by atoms with Gasteiger partial charge in [0.15, 0.2) is 0 Å². The summed E-state index contributed by atoms with van der Waals surface area (Å²) in [6.45, 7) is 17.0. The predicted octanol–water partition coefficient (Wildman–Crippen LogP) is 5.79. The Morgan fingerprint density at radius 2 is 1.49 bits per heavy atom. The van der Waals surface area contributed by atoms with Crippen molar-refractivity contribution in [2.75, 3.05) is 53.8 Å². The summed E-state index contributed by atoms with van der Waals surface area (Å²) >= 11 is 0. The minimum atomic E-state index is -4.79. The van der Waals surface area contributed by atoms with Gasteiger partial charge in [-0.05, 0) is 101 Å². The molecule has 1 heterocycles. The van der Waals surface area contributed by atoms with Crippen LogP contribution in [0.15, 0.2) is 54.6 Å². The van der Waals surface area contributed by atoms with Crippen LogP contribution in [0.3, 0.4) is 0 Å². The molecule has 1 aliphatic rings. The maximum Gasteiger partial charge on any atom is 0.473 e. The number of likely N-dealkylation sites (tertiary alicyclic amines) is 1. The van der Waals surface area contributed by atoms with Gasteiger partial charge in [-0.15, -0.1) is 0 Å². The monoisotopic (exact) mass is 1090 g/mol. The quantitative estimate of drug-likeness (QED) is 0.0375. The highest BCUT2D eigenvalue weighted by molar-refractivity contribution is 7.47. The number of nitrogens with two attached hydrogens (primary N) is 1. The number of unbranched alkanes of at least 4 members (excludes halogenated alkanes) is 1. The van der Waals surface area contributed by atoms with Crippen LogP contribution in [0.4, 0.5) is 5.69 Å². The number of carbonyl (C=O) groups excluding carboxylic acids is 6. The van der Waals surface area contributed by atoms with E-state index in [2.05, 4.69) is 21.3 Å². The summed E-state index contributed by atoms with van der Waals surface area (Å²) in [5, 5.41) is 11.5. The molecule has 76 heavy (non-hydrogen) atoms. The van der Waals surface area contributed by atoms with E-state index in [0.29, 0.717) is 68.4 Å². The van der Waals surface area contributed by atoms with E-state index < -0.39 is 74.2 Å². The van der Waals surface area contributed by atoms with Crippen LogP contribution in [-0.2, 0) is 58.5 Å². The molecule has 0 spiro atoms. The van der Waals surface area contributed by atoms with Gasteiger partial charge in [0, 0.05) is 40.4 Å². The third-order valence-electron chi connectivity index (χ3n) is 14.4. The average Bonchev–Trinajstić information content (AvgIpc) is 3.86. The van der Waals surface area contributed by atoms with Crippen LogP contribution in [0.1, 0.15) is 124 Å². The number of carbonyl (C=O) groups is 6. The maximum absolute atomic E-state index is 14.5. The van der Waals surface area contributed by atoms with Crippen molar-refractivity contribution in [1.82, 2.24) is 30.7 Å². The molecule has 7 N–H and O–H groups in total. The van der Waals surface area contributed by atoms with E-state index in [1.807, 2.05) is 60.5 Å². The zero-order chi connectivity index (χ0) is 57.0. The Balaban J connectivity index is 1.75. The molecule has 1 unspecified atom stereocenters. The number of benzene rings is 2. The van der Waals surface area contributed by atoms with Crippen molar-refractivity contribution in [3.05, 3.63) is 65.7 Å². The highest BCUT2D eigenvalue weighted by Gasteiger charge is 2.44. The van der Waals surface area contributed by atoms with Crippen LogP contribution in [0.5, 0.6) is 0 Å². The first-order chi connectivity index (χ1) is 35.8. The molecule has 20 nitrogen and oxygen atoms in total. The van der Waals surface area contributed by atoms with Crippen molar-refractivity contribution in [3.63, 3.8) is 0 Å². The Morgan fingerprint density at radius 1 is 0.842 bits per heavy atom. The van der Waals surface area contributed by atoms with Crippen LogP contribution in [0.2, 0.25) is 0 Å². The van der Waals surface area contributed by atoms with Gasteiger partial charge in [0.1, 0.15) is 18.2 Å². The molecule has 12 atom stereocenters. The van der Waals surface area contributed by atoms with Crippen molar-refractivity contribution in [2.45, 2.75) is 168 Å². The van der Waals surface area contributed by atoms with Crippen molar-refractivity contribution in [2.24, 2.45) is 29.4 Å². The predicted molar refractivity (Wildman–Crippen MR) is 293 cm³/mol. The molecule has 428 valence electrons. The van der Waals surface area contributed by atoms with Crippen molar-refractivity contribution >= 4 is 49.0 Å². The highest BCUT2D eigenvalue weighted by Crippen LogP contribution is 2.49. The second-order valence-corrected chi connectivity index (χ2v) is 22.6. The molecule has 0 bridgehead atoms. The van der Waals surface area contributed by atoms with E-state index in [9.17, 15) is 38.2 Å². The number of hydrogen-bond acceptors (Lipinski definition) is 13. The van der Waals surface area contributed by atoms with E-state index in [1.165, 1.54) is 21.1 Å². The number of amides is 6. The first kappa shape index (κ1) is 65.5. The molecule has 0 aliphatic carbocycles. The summed E-state index contributed by atoms with van der Waals surface area (Å²) < 4.78 is 37.0. The number of rotatable bonds is 32. The number of hydrogen-bond donors (Lipinski definition) is 6. The molecule has 21 heteroatoms. The van der Waals surface area contributed by atoms with Gasteiger partial charge in [-0.3, -0.25) is 42.7 Å². The number of ether oxygens (including phenoxy) is 2. The Labute approximate surface area is 452 Å². The molecule has 2 aromatic carbocycles. The zero-order valence-electron chi connectivity index (χ0n) is 47.6. The van der Waals surface area contributed by atoms with Crippen molar-refractivity contribution in [3.8, 4) is 0 Å². The van der Waals surface area contributed by atoms with E-state index in [-0.39, 0.29) is 60.3 Å². The van der Waals surface area contributed by atoms with Crippen LogP contribution in [-0.4, -0.2) is 152 Å². The third-order valence-corrected chi connectivity index (χ3v) is 15.4. The average molecular weight is 1090 g/mol. The zero-order valence-corrected chi connectivity index (χ0v) is 48.5. The van der Waals surface area contributed by atoms with Gasteiger partial charge in [0.2, 0.25) is 35.4 Å². The normalized spacial score (nSPS) is 18.6. The summed E-state index contributed by atoms with van der Waals surface area (Å²) in [5.41, 5.74) is 7.04. The van der Waals surface area contributed by atoms with Crippen LogP contribution in [0, 0.1) is 23.7 Å². The topological polar surface area (TPSA) is 260 Å². The second kappa shape index (κ2) is 31.6. The van der Waals surface area contributed by atoms with Crippen molar-refractivity contribution < 1.29 is 56.7 Å². The molecule has 0 radical (unpaired) electrons. The Bertz CT molecular complexity index is 2200. The Morgan fingerprint density at radius 3 is 2.03 bits per heavy atom. The fraction of sp³-hybridized carbons (Fsp3) is 0.673. The summed E-state index contributed by atoms with van der Waals surface area (Å²) in [7, 11) is 3.61. The lowest BCUT2D eigenvalue weighted by Gasteiger charge is -2.41. The summed E-state index contributed by atoms with van der Waals surface area (Å²) in [6.07, 6.45) is 1.06. The maximum atomic E-state index is 14.5. The molecule has 6 amide bonds. The number of nitrogens with zero attached hydrogens (tertiary/aromatic N) is 3. The molecular formula is C55H91N8O12P. The lowest BCUT2D eigenvalue weighted by atomic mass is 9.89. The number of methoxy groups -OCH3 is 2. The Hall–Kier alpha value is -4.79. The first-order valence-corrected chi connectivity index (χ1v) is 28.3. The van der Waals surface area contributed by atoms with Crippen LogP contribution >= 0.6 is 7.82 Å². The van der Waals surface area contributed by atoms with Gasteiger partial charge >= 0.3 is 7.82 Å². The van der Waals surface area contributed by atoms with Crippen molar-refractivity contribution in [1.29, 1.82) is 0 Å². The summed E-state index contributed by atoms with van der Waals surface area (Å²) in [4.78, 5) is 97.7. The van der Waals surface area contributed by atoms with Gasteiger partial charge in [-0.1, -0.05) is 97.4 Å². The van der Waals surface area contributed by atoms with Gasteiger partial charge in [-0.25, -0.2) is 4.57 Å². The summed E-state index contributed by atoms with van der Waals surface area (Å²) in [6, 6.07) is 11.3. The SMILES string of the molecule is CC[C@H](C)[C@@H]([C@@H](CC(=O)N1CCC[C@H]1[C@H](OC)[C@@H](C)C(=O)N[C@H](C)[C@@H](OP(=O)(O)OCc1ccc(NC(=O)[C@H](CCCCN)NC(C)=O)cc1)c1ccccc1)OC)N(C)C(=O)[C@@H](NC(=O)[C@H](C(C)C)N(C)C)C(C)C. The van der Waals surface area contributed by atoms with E-state index >= 15 is 0 Å². The number of nitrogens with one attached hydrogen (secondary N) is 4. The fourth-order valence-electron chi connectivity index (χ4n) is 10.2. The highest BCUT2D eigenvalue weighted by atomic mass is 31.2. The smallest absolute Gasteiger partial charge is 0.379 e. The van der Waals surface area contributed by atoms with Crippen LogP contribution < -0.4 is 27.0 Å². The number of phosphoric acid groups is 1. The number of likely N-dealkylation sites (N-methyl/N-ethyl adjacent to an activating group) is 2. The van der Waals surface area contributed by atoms with Gasteiger partial charge in [0.05, 0.1) is 55.3 Å². The molecule has 1 saturated heterocycles. The minimum Gasteiger partial charge on any atom is -0.379 e. The molecule has 3 rings (SSSR count). The van der Waals surface area contributed by atoms with Crippen LogP contribution in [0.25, 0.3) is 0 Å². The molecular weight excluding hydrogens is 996 g/mol. The third kappa shape index (κ3) is 19.3. The standard InChI is InChI=1S/C55H91N8O12P/c1-15-36(6)49(62(12)55(69)47(34(2)3)60-54(68)48(35(4)5)61(10)11)45(72-13)32-46(65)63-31-21-25-44(63)50(73-14)37(7)52(66)57-38(8)51(41-22-17-16-18-23-41)75-76(70,71)74-33-40-26-28-42(29-27-40)59-53(67)43(58-39(9)64)24-19-20-30-56/h16-18,22-23,26-29,34-38,43-45,47-51H,15,19-21,24-25,30-33,56H2,1-14H3,(H,57,66)(H,58,64)(H,59,67)(H,60,68)(H,70,71)/t36-,37+,38+,43-,44-,45+,47-,48-,49-,50+,51+/m0/s1. The second-order valence-electron chi connectivity index (χ2n) is 21.2. The van der Waals surface area contributed by atoms with E-state index in [4.69, 9.17) is 24.3 Å². The summed E-state index contributed by atoms with van der Waals surface area (Å²) in [5.74, 6) is -3.00. The number of phosphoric ester groups is 1. The lowest BCUT2D eigenvalue weighted by molar-refractivity contribution is -0.148. The number of anilines is 1. The van der Waals surface area contributed by atoms with Gasteiger partial charge in [0.25, 0.3) is 0 Å². The molecule has 1 aliphatic heterocycles. The Kier molecular flexibility index (Phi) is 27.2. The largest absolute Gasteiger partial charge is 0.473 e. The molecule has 0 aromatic heterocycles. The lowest BCUT2D eigenvalue weighted by Crippen LogP contribution is -2.59. The van der Waals surface area contributed by atoms with E-state index in [0.717, 1.165) is 0 Å². The van der Waals surface area contributed by atoms with Gasteiger partial charge < -0.3 is 51.2 Å². The molecule has 2 aromatic rings.